The minimum Gasteiger partial charge on any atom is -0.493 e. The zero-order chi connectivity index (χ0) is 25.7. The van der Waals surface area contributed by atoms with E-state index in [9.17, 15) is 14.0 Å². The fourth-order valence-corrected chi connectivity index (χ4v) is 5.43. The molecule has 2 heterocycles. The summed E-state index contributed by atoms with van der Waals surface area (Å²) in [7, 11) is 1.59. The Morgan fingerprint density at radius 1 is 1.14 bits per heavy atom. The first kappa shape index (κ1) is 25.7. The fraction of sp³-hybridized carbons (Fsp3) is 0.357. The van der Waals surface area contributed by atoms with Gasteiger partial charge in [-0.1, -0.05) is 32.0 Å². The van der Waals surface area contributed by atoms with Crippen molar-refractivity contribution in [1.29, 1.82) is 0 Å². The molecule has 0 N–H and O–H groups in total. The number of hydrogen-bond acceptors (Lipinski definition) is 5. The van der Waals surface area contributed by atoms with Gasteiger partial charge in [0.05, 0.1) is 13.2 Å². The van der Waals surface area contributed by atoms with E-state index in [4.69, 9.17) is 9.47 Å². The number of halogens is 1. The number of nitrogens with zero attached hydrogens (tertiary/aromatic N) is 2. The summed E-state index contributed by atoms with van der Waals surface area (Å²) >= 11 is 1.68. The summed E-state index contributed by atoms with van der Waals surface area (Å²) in [5.41, 5.74) is 1.31. The van der Waals surface area contributed by atoms with Gasteiger partial charge in [0.25, 0.3) is 5.91 Å². The molecule has 2 aromatic carbocycles. The van der Waals surface area contributed by atoms with Gasteiger partial charge in [-0.15, -0.1) is 11.3 Å². The molecule has 1 aliphatic rings. The Balaban J connectivity index is 1.55. The molecule has 1 unspecified atom stereocenters. The molecule has 4 rings (SSSR count). The van der Waals surface area contributed by atoms with Crippen molar-refractivity contribution >= 4 is 23.2 Å². The minimum absolute atomic E-state index is 0.0852. The van der Waals surface area contributed by atoms with E-state index in [1.54, 1.807) is 29.4 Å². The van der Waals surface area contributed by atoms with Gasteiger partial charge in [0.1, 0.15) is 19.0 Å². The van der Waals surface area contributed by atoms with Crippen LogP contribution in [0.2, 0.25) is 0 Å². The molecule has 36 heavy (non-hydrogen) atoms. The second kappa shape index (κ2) is 11.6. The molecule has 0 saturated carbocycles. The normalized spacial score (nSPS) is 14.9. The van der Waals surface area contributed by atoms with Crippen LogP contribution >= 0.6 is 11.3 Å². The predicted octanol–water partition coefficient (Wildman–Crippen LogP) is 5.20. The summed E-state index contributed by atoms with van der Waals surface area (Å²) in [5.74, 6) is 0.381. The molecular formula is C28H31FN2O4S. The smallest absolute Gasteiger partial charge is 0.254 e. The topological polar surface area (TPSA) is 59.1 Å². The van der Waals surface area contributed by atoms with E-state index in [2.05, 4.69) is 0 Å². The lowest BCUT2D eigenvalue weighted by Gasteiger charge is -2.37. The number of para-hydroxylation sites is 2. The quantitative estimate of drug-likeness (QED) is 0.397. The summed E-state index contributed by atoms with van der Waals surface area (Å²) in [6.45, 7) is 5.07. The monoisotopic (exact) mass is 510 g/mol. The number of carbonyl (C=O) groups excluding carboxylic acids is 2. The van der Waals surface area contributed by atoms with Crippen LogP contribution in [-0.4, -0.2) is 55.0 Å². The Labute approximate surface area is 215 Å². The Bertz CT molecular complexity index is 1210. The molecule has 0 fully saturated rings. The van der Waals surface area contributed by atoms with E-state index < -0.39 is 5.82 Å². The molecule has 0 saturated heterocycles. The highest BCUT2D eigenvalue weighted by atomic mass is 32.1. The van der Waals surface area contributed by atoms with Crippen molar-refractivity contribution in [2.45, 2.75) is 26.3 Å². The van der Waals surface area contributed by atoms with Crippen LogP contribution in [0.25, 0.3) is 0 Å². The van der Waals surface area contributed by atoms with E-state index in [1.807, 2.05) is 49.6 Å². The van der Waals surface area contributed by atoms with Gasteiger partial charge in [0.2, 0.25) is 5.91 Å². The van der Waals surface area contributed by atoms with Crippen LogP contribution in [0.3, 0.4) is 0 Å². The molecule has 0 radical (unpaired) electrons. The Kier molecular flexibility index (Phi) is 8.25. The number of hydrogen-bond donors (Lipinski definition) is 0. The molecular weight excluding hydrogens is 479 g/mol. The van der Waals surface area contributed by atoms with E-state index in [0.29, 0.717) is 24.6 Å². The van der Waals surface area contributed by atoms with Gasteiger partial charge in [0.15, 0.2) is 11.5 Å². The first-order chi connectivity index (χ1) is 17.4. The molecule has 1 aliphatic heterocycles. The molecule has 1 atom stereocenters. The zero-order valence-corrected chi connectivity index (χ0v) is 21.6. The van der Waals surface area contributed by atoms with Crippen molar-refractivity contribution in [2.75, 3.05) is 33.4 Å². The summed E-state index contributed by atoms with van der Waals surface area (Å²) in [4.78, 5) is 31.4. The summed E-state index contributed by atoms with van der Waals surface area (Å²) in [6, 6.07) is 14.8. The van der Waals surface area contributed by atoms with Crippen molar-refractivity contribution in [3.05, 3.63) is 81.8 Å². The van der Waals surface area contributed by atoms with Crippen molar-refractivity contribution in [1.82, 2.24) is 9.80 Å². The van der Waals surface area contributed by atoms with Crippen LogP contribution in [0.4, 0.5) is 4.39 Å². The van der Waals surface area contributed by atoms with Gasteiger partial charge in [-0.2, -0.15) is 0 Å². The number of amides is 2. The lowest BCUT2D eigenvalue weighted by molar-refractivity contribution is -0.135. The molecule has 1 aromatic heterocycles. The number of ether oxygens (including phenoxy) is 2. The number of benzene rings is 2. The third-order valence-corrected chi connectivity index (χ3v) is 7.15. The molecule has 0 bridgehead atoms. The van der Waals surface area contributed by atoms with E-state index in [0.717, 1.165) is 12.0 Å². The van der Waals surface area contributed by atoms with Crippen molar-refractivity contribution in [3.8, 4) is 11.5 Å². The highest BCUT2D eigenvalue weighted by molar-refractivity contribution is 7.10. The standard InChI is InChI=1S/C28H31FN2O4S/c1-19(2)16-30(28(33)20-7-6-8-21(29)15-20)17-27(32)31-13-11-26-22(12-14-36-26)23(31)18-35-25-10-5-4-9-24(25)34-3/h4-10,12,14-15,19,23H,11,13,16-18H2,1-3H3. The summed E-state index contributed by atoms with van der Waals surface area (Å²) in [6.07, 6.45) is 0.756. The van der Waals surface area contributed by atoms with Gasteiger partial charge >= 0.3 is 0 Å². The molecule has 190 valence electrons. The molecule has 6 nitrogen and oxygen atoms in total. The van der Waals surface area contributed by atoms with Gasteiger partial charge < -0.3 is 19.3 Å². The Morgan fingerprint density at radius 2 is 1.92 bits per heavy atom. The SMILES string of the molecule is COc1ccccc1OCC1c2ccsc2CCN1C(=O)CN(CC(C)C)C(=O)c1cccc(F)c1. The average Bonchev–Trinajstić information content (AvgIpc) is 3.35. The van der Waals surface area contributed by atoms with E-state index in [1.165, 1.54) is 28.0 Å². The fourth-order valence-electron chi connectivity index (χ4n) is 4.50. The highest BCUT2D eigenvalue weighted by Crippen LogP contribution is 2.35. The lowest BCUT2D eigenvalue weighted by Crippen LogP contribution is -2.48. The summed E-state index contributed by atoms with van der Waals surface area (Å²) in [5, 5.41) is 2.04. The van der Waals surface area contributed by atoms with Crippen molar-refractivity contribution < 1.29 is 23.5 Å². The van der Waals surface area contributed by atoms with E-state index in [-0.39, 0.29) is 42.5 Å². The highest BCUT2D eigenvalue weighted by Gasteiger charge is 2.34. The second-order valence-corrected chi connectivity index (χ2v) is 10.2. The maximum Gasteiger partial charge on any atom is 0.254 e. The molecule has 2 amide bonds. The lowest BCUT2D eigenvalue weighted by atomic mass is 10.00. The Morgan fingerprint density at radius 3 is 2.64 bits per heavy atom. The molecule has 0 spiro atoms. The maximum atomic E-state index is 13.8. The number of methoxy groups -OCH3 is 1. The average molecular weight is 511 g/mol. The zero-order valence-electron chi connectivity index (χ0n) is 20.8. The van der Waals surface area contributed by atoms with Crippen molar-refractivity contribution in [2.24, 2.45) is 5.92 Å². The van der Waals surface area contributed by atoms with Gasteiger partial charge in [-0.3, -0.25) is 9.59 Å². The van der Waals surface area contributed by atoms with Crippen LogP contribution in [-0.2, 0) is 11.2 Å². The molecule has 8 heteroatoms. The maximum absolute atomic E-state index is 13.8. The van der Waals surface area contributed by atoms with E-state index >= 15 is 0 Å². The van der Waals surface area contributed by atoms with Gasteiger partial charge in [-0.05, 0) is 59.7 Å². The summed E-state index contributed by atoms with van der Waals surface area (Å²) < 4.78 is 25.3. The number of thiophene rings is 1. The van der Waals surface area contributed by atoms with Crippen molar-refractivity contribution in [3.63, 3.8) is 0 Å². The first-order valence-corrected chi connectivity index (χ1v) is 12.9. The molecule has 3 aromatic rings. The number of carbonyl (C=O) groups is 2. The third-order valence-electron chi connectivity index (χ3n) is 6.15. The second-order valence-electron chi connectivity index (χ2n) is 9.20. The molecule has 0 aliphatic carbocycles. The van der Waals surface area contributed by atoms with Crippen LogP contribution in [0, 0.1) is 11.7 Å². The predicted molar refractivity (Wildman–Crippen MR) is 138 cm³/mol. The number of fused-ring (bicyclic) bond motifs is 1. The Hall–Kier alpha value is -3.39. The number of rotatable bonds is 9. The minimum atomic E-state index is -0.480. The first-order valence-electron chi connectivity index (χ1n) is 12.0. The van der Waals surface area contributed by atoms with Gasteiger partial charge in [-0.25, -0.2) is 4.39 Å². The van der Waals surface area contributed by atoms with Crippen LogP contribution in [0.1, 0.15) is 40.7 Å². The van der Waals surface area contributed by atoms with Crippen LogP contribution in [0.5, 0.6) is 11.5 Å². The van der Waals surface area contributed by atoms with Crippen LogP contribution < -0.4 is 9.47 Å². The largest absolute Gasteiger partial charge is 0.493 e. The van der Waals surface area contributed by atoms with Crippen LogP contribution in [0.15, 0.2) is 60.0 Å². The third kappa shape index (κ3) is 5.87. The van der Waals surface area contributed by atoms with Gasteiger partial charge in [0, 0.05) is 23.5 Å².